The molecule has 1 fully saturated rings. The van der Waals surface area contributed by atoms with E-state index in [9.17, 15) is 4.79 Å². The van der Waals surface area contributed by atoms with E-state index < -0.39 is 0 Å². The van der Waals surface area contributed by atoms with Gasteiger partial charge in [0.15, 0.2) is 5.82 Å². The van der Waals surface area contributed by atoms with Gasteiger partial charge in [-0.2, -0.15) is 5.10 Å². The minimum atomic E-state index is 0.121. The normalized spacial score (nSPS) is 15.8. The molecule has 1 aliphatic rings. The summed E-state index contributed by atoms with van der Waals surface area (Å²) >= 11 is 0. The highest BCUT2D eigenvalue weighted by Crippen LogP contribution is 2.13. The van der Waals surface area contributed by atoms with Gasteiger partial charge in [-0.15, -0.1) is 0 Å². The summed E-state index contributed by atoms with van der Waals surface area (Å²) < 4.78 is 1.71. The Morgan fingerprint density at radius 3 is 2.95 bits per heavy atom. The predicted octanol–water partition coefficient (Wildman–Crippen LogP) is 0.883. The fourth-order valence-corrected chi connectivity index (χ4v) is 2.58. The molecule has 3 rings (SSSR count). The first-order chi connectivity index (χ1) is 10.3. The molecule has 1 amide bonds. The maximum atomic E-state index is 12.2. The van der Waals surface area contributed by atoms with Gasteiger partial charge < -0.3 is 10.6 Å². The zero-order chi connectivity index (χ0) is 14.5. The van der Waals surface area contributed by atoms with Gasteiger partial charge >= 0.3 is 0 Å². The van der Waals surface area contributed by atoms with Crippen molar-refractivity contribution in [3.63, 3.8) is 0 Å². The molecule has 3 heterocycles. The number of nitrogens with one attached hydrogen (secondary N) is 2. The largest absolute Gasteiger partial charge is 0.352 e. The van der Waals surface area contributed by atoms with Crippen molar-refractivity contribution < 1.29 is 4.79 Å². The lowest BCUT2D eigenvalue weighted by Crippen LogP contribution is -2.38. The molecule has 2 aromatic rings. The average molecular weight is 285 g/mol. The smallest absolute Gasteiger partial charge is 0.223 e. The van der Waals surface area contributed by atoms with Gasteiger partial charge in [-0.1, -0.05) is 6.07 Å². The Labute approximate surface area is 123 Å². The monoisotopic (exact) mass is 285 g/mol. The van der Waals surface area contributed by atoms with Crippen molar-refractivity contribution in [2.75, 3.05) is 13.1 Å². The second-order valence-corrected chi connectivity index (χ2v) is 5.18. The van der Waals surface area contributed by atoms with Crippen molar-refractivity contribution in [3.8, 4) is 5.82 Å². The third kappa shape index (κ3) is 3.28. The molecule has 0 aromatic carbocycles. The first kappa shape index (κ1) is 13.8. The van der Waals surface area contributed by atoms with Crippen molar-refractivity contribution in [1.29, 1.82) is 0 Å². The van der Waals surface area contributed by atoms with Crippen LogP contribution in [0.5, 0.6) is 0 Å². The van der Waals surface area contributed by atoms with Crippen molar-refractivity contribution in [2.45, 2.75) is 19.4 Å². The summed E-state index contributed by atoms with van der Waals surface area (Å²) in [6, 6.07) is 5.69. The van der Waals surface area contributed by atoms with E-state index in [4.69, 9.17) is 0 Å². The van der Waals surface area contributed by atoms with Gasteiger partial charge in [0.25, 0.3) is 0 Å². The van der Waals surface area contributed by atoms with Gasteiger partial charge in [0.05, 0.1) is 0 Å². The first-order valence-corrected chi connectivity index (χ1v) is 7.27. The van der Waals surface area contributed by atoms with Crippen LogP contribution in [-0.2, 0) is 11.3 Å². The van der Waals surface area contributed by atoms with Crippen molar-refractivity contribution in [2.24, 2.45) is 5.92 Å². The van der Waals surface area contributed by atoms with E-state index in [0.717, 1.165) is 37.3 Å². The van der Waals surface area contributed by atoms with E-state index in [2.05, 4.69) is 20.7 Å². The fourth-order valence-electron chi connectivity index (χ4n) is 2.58. The summed E-state index contributed by atoms with van der Waals surface area (Å²) in [6.07, 6.45) is 7.11. The number of rotatable bonds is 4. The number of pyridine rings is 1. The second-order valence-electron chi connectivity index (χ2n) is 5.18. The first-order valence-electron chi connectivity index (χ1n) is 7.27. The summed E-state index contributed by atoms with van der Waals surface area (Å²) in [5.74, 6) is 1.01. The number of amides is 1. The van der Waals surface area contributed by atoms with Gasteiger partial charge in [-0.25, -0.2) is 9.67 Å². The van der Waals surface area contributed by atoms with Crippen LogP contribution in [0.4, 0.5) is 0 Å². The Morgan fingerprint density at radius 2 is 2.19 bits per heavy atom. The highest BCUT2D eigenvalue weighted by atomic mass is 16.1. The van der Waals surface area contributed by atoms with Gasteiger partial charge in [-0.05, 0) is 38.1 Å². The Balaban J connectivity index is 1.66. The number of hydrogen-bond acceptors (Lipinski definition) is 4. The topological polar surface area (TPSA) is 71.8 Å². The molecule has 21 heavy (non-hydrogen) atoms. The van der Waals surface area contributed by atoms with Crippen molar-refractivity contribution >= 4 is 5.91 Å². The van der Waals surface area contributed by atoms with E-state index in [1.165, 1.54) is 0 Å². The molecule has 110 valence electrons. The summed E-state index contributed by atoms with van der Waals surface area (Å²) in [5, 5.41) is 10.5. The Morgan fingerprint density at radius 1 is 1.33 bits per heavy atom. The summed E-state index contributed by atoms with van der Waals surface area (Å²) in [5.41, 5.74) is 0.962. The molecule has 0 aliphatic carbocycles. The molecule has 2 aromatic heterocycles. The zero-order valence-corrected chi connectivity index (χ0v) is 11.8. The number of hydrogen-bond donors (Lipinski definition) is 2. The third-order valence-corrected chi connectivity index (χ3v) is 3.75. The lowest BCUT2D eigenvalue weighted by atomic mass is 9.97. The number of nitrogens with zero attached hydrogens (tertiary/aromatic N) is 3. The van der Waals surface area contributed by atoms with Crippen LogP contribution >= 0.6 is 0 Å². The number of piperidine rings is 1. The molecule has 0 atom stereocenters. The molecule has 1 aliphatic heterocycles. The van der Waals surface area contributed by atoms with Gasteiger partial charge in [0.2, 0.25) is 5.91 Å². The number of carbonyl (C=O) groups is 1. The second kappa shape index (κ2) is 6.49. The highest BCUT2D eigenvalue weighted by molar-refractivity contribution is 5.78. The molecular weight excluding hydrogens is 266 g/mol. The minimum absolute atomic E-state index is 0.121. The maximum Gasteiger partial charge on any atom is 0.223 e. The summed E-state index contributed by atoms with van der Waals surface area (Å²) in [4.78, 5) is 16.5. The molecule has 0 unspecified atom stereocenters. The van der Waals surface area contributed by atoms with Crippen LogP contribution in [-0.4, -0.2) is 33.8 Å². The Bertz CT molecular complexity index is 590. The van der Waals surface area contributed by atoms with E-state index >= 15 is 0 Å². The average Bonchev–Trinajstić information content (AvgIpc) is 3.08. The van der Waals surface area contributed by atoms with E-state index in [0.29, 0.717) is 6.54 Å². The Hall–Kier alpha value is -2.21. The fraction of sp³-hybridized carbons (Fsp3) is 0.400. The molecule has 6 nitrogen and oxygen atoms in total. The Kier molecular flexibility index (Phi) is 4.25. The maximum absolute atomic E-state index is 12.2. The molecule has 1 saturated heterocycles. The highest BCUT2D eigenvalue weighted by Gasteiger charge is 2.20. The third-order valence-electron chi connectivity index (χ3n) is 3.75. The summed E-state index contributed by atoms with van der Waals surface area (Å²) in [7, 11) is 0. The van der Waals surface area contributed by atoms with Crippen LogP contribution < -0.4 is 10.6 Å². The van der Waals surface area contributed by atoms with Gasteiger partial charge in [0.1, 0.15) is 0 Å². The lowest BCUT2D eigenvalue weighted by Gasteiger charge is -2.22. The van der Waals surface area contributed by atoms with Crippen LogP contribution in [0.2, 0.25) is 0 Å². The summed E-state index contributed by atoms with van der Waals surface area (Å²) in [6.45, 7) is 2.32. The molecule has 2 N–H and O–H groups in total. The SMILES string of the molecule is O=C(NCc1cccnc1-n1cccn1)C1CCNCC1. The molecule has 0 saturated carbocycles. The standard InChI is InChI=1S/C15H19N5O/c21-15(12-4-8-16-9-5-12)18-11-13-3-1-6-17-14(13)20-10-2-7-19-20/h1-3,6-7,10,12,16H,4-5,8-9,11H2,(H,18,21). The van der Waals surface area contributed by atoms with Gasteiger partial charge in [-0.3, -0.25) is 4.79 Å². The van der Waals surface area contributed by atoms with Crippen LogP contribution in [0.1, 0.15) is 18.4 Å². The van der Waals surface area contributed by atoms with Gasteiger partial charge in [0, 0.05) is 36.6 Å². The van der Waals surface area contributed by atoms with Crippen LogP contribution in [0.15, 0.2) is 36.8 Å². The van der Waals surface area contributed by atoms with E-state index in [1.54, 1.807) is 17.1 Å². The number of carbonyl (C=O) groups excluding carboxylic acids is 1. The molecular formula is C15H19N5O. The van der Waals surface area contributed by atoms with E-state index in [1.807, 2.05) is 24.4 Å². The zero-order valence-electron chi connectivity index (χ0n) is 11.8. The van der Waals surface area contributed by atoms with Crippen LogP contribution in [0.25, 0.3) is 5.82 Å². The molecule has 0 spiro atoms. The van der Waals surface area contributed by atoms with Crippen LogP contribution in [0, 0.1) is 5.92 Å². The molecule has 0 radical (unpaired) electrons. The molecule has 6 heteroatoms. The van der Waals surface area contributed by atoms with Crippen molar-refractivity contribution in [3.05, 3.63) is 42.4 Å². The molecule has 0 bridgehead atoms. The minimum Gasteiger partial charge on any atom is -0.352 e. The van der Waals surface area contributed by atoms with Crippen molar-refractivity contribution in [1.82, 2.24) is 25.4 Å². The van der Waals surface area contributed by atoms with Crippen LogP contribution in [0.3, 0.4) is 0 Å². The predicted molar refractivity (Wildman–Crippen MR) is 78.8 cm³/mol. The lowest BCUT2D eigenvalue weighted by molar-refractivity contribution is -0.125. The number of aromatic nitrogens is 3. The van der Waals surface area contributed by atoms with E-state index in [-0.39, 0.29) is 11.8 Å². The quantitative estimate of drug-likeness (QED) is 0.875.